The molecule has 1 aromatic heterocycles. The molecule has 1 aliphatic rings. The molecule has 17 heavy (non-hydrogen) atoms. The van der Waals surface area contributed by atoms with Crippen LogP contribution in [0.5, 0.6) is 0 Å². The Balaban J connectivity index is 1.98. The molecule has 1 aliphatic heterocycles. The molecular weight excluding hydrogens is 216 g/mol. The van der Waals surface area contributed by atoms with Crippen LogP contribution in [0.3, 0.4) is 0 Å². The molecule has 2 rings (SSSR count). The SMILES string of the molecule is CCC1CCCCN1C(=O)Cn1cc(N)cn1. The summed E-state index contributed by atoms with van der Waals surface area (Å²) in [6.07, 6.45) is 7.78. The lowest BCUT2D eigenvalue weighted by molar-refractivity contribution is -0.135. The Kier molecular flexibility index (Phi) is 3.66. The number of aromatic nitrogens is 2. The minimum atomic E-state index is 0.152. The van der Waals surface area contributed by atoms with Gasteiger partial charge in [-0.05, 0) is 25.7 Å². The molecule has 2 N–H and O–H groups in total. The van der Waals surface area contributed by atoms with Gasteiger partial charge in [0.2, 0.25) is 5.91 Å². The molecule has 1 atom stereocenters. The van der Waals surface area contributed by atoms with E-state index in [9.17, 15) is 4.79 Å². The van der Waals surface area contributed by atoms with Crippen LogP contribution >= 0.6 is 0 Å². The van der Waals surface area contributed by atoms with E-state index in [0.29, 0.717) is 18.3 Å². The van der Waals surface area contributed by atoms with Crippen molar-refractivity contribution in [1.29, 1.82) is 0 Å². The topological polar surface area (TPSA) is 64.2 Å². The highest BCUT2D eigenvalue weighted by Gasteiger charge is 2.25. The molecule has 0 saturated carbocycles. The molecule has 1 saturated heterocycles. The van der Waals surface area contributed by atoms with Crippen molar-refractivity contribution in [3.63, 3.8) is 0 Å². The molecular formula is C12H20N4O. The van der Waals surface area contributed by atoms with Gasteiger partial charge < -0.3 is 10.6 Å². The Morgan fingerprint density at radius 1 is 1.59 bits per heavy atom. The van der Waals surface area contributed by atoms with E-state index in [4.69, 9.17) is 5.73 Å². The average molecular weight is 236 g/mol. The van der Waals surface area contributed by atoms with Crippen LogP contribution in [0.2, 0.25) is 0 Å². The Hall–Kier alpha value is -1.52. The normalized spacial score (nSPS) is 20.5. The first-order valence-corrected chi connectivity index (χ1v) is 6.28. The minimum absolute atomic E-state index is 0.152. The summed E-state index contributed by atoms with van der Waals surface area (Å²) in [5.74, 6) is 0.152. The van der Waals surface area contributed by atoms with Crippen molar-refractivity contribution in [2.24, 2.45) is 0 Å². The van der Waals surface area contributed by atoms with Gasteiger partial charge in [0, 0.05) is 18.8 Å². The summed E-state index contributed by atoms with van der Waals surface area (Å²) in [5.41, 5.74) is 6.18. The first kappa shape index (κ1) is 12.0. The second kappa shape index (κ2) is 5.21. The van der Waals surface area contributed by atoms with Crippen LogP contribution in [0.15, 0.2) is 12.4 Å². The molecule has 1 fully saturated rings. The standard InChI is InChI=1S/C12H20N4O/c1-2-11-5-3-4-6-16(11)12(17)9-15-8-10(13)7-14-15/h7-8,11H,2-6,9,13H2,1H3. The number of nitrogens with two attached hydrogens (primary N) is 1. The lowest BCUT2D eigenvalue weighted by Crippen LogP contribution is -2.44. The Labute approximate surface area is 102 Å². The van der Waals surface area contributed by atoms with Gasteiger partial charge in [-0.3, -0.25) is 9.48 Å². The van der Waals surface area contributed by atoms with Gasteiger partial charge in [-0.2, -0.15) is 5.10 Å². The zero-order chi connectivity index (χ0) is 12.3. The van der Waals surface area contributed by atoms with Gasteiger partial charge in [-0.25, -0.2) is 0 Å². The highest BCUT2D eigenvalue weighted by molar-refractivity contribution is 5.76. The van der Waals surface area contributed by atoms with Crippen molar-refractivity contribution >= 4 is 11.6 Å². The third-order valence-electron chi connectivity index (χ3n) is 3.37. The van der Waals surface area contributed by atoms with Gasteiger partial charge in [0.05, 0.1) is 11.9 Å². The fourth-order valence-electron chi connectivity index (χ4n) is 2.45. The number of rotatable bonds is 3. The zero-order valence-corrected chi connectivity index (χ0v) is 10.3. The van der Waals surface area contributed by atoms with Gasteiger partial charge in [0.15, 0.2) is 0 Å². The number of carbonyl (C=O) groups is 1. The van der Waals surface area contributed by atoms with E-state index in [0.717, 1.165) is 25.8 Å². The molecule has 1 unspecified atom stereocenters. The zero-order valence-electron chi connectivity index (χ0n) is 10.3. The van der Waals surface area contributed by atoms with Crippen molar-refractivity contribution in [2.45, 2.75) is 45.2 Å². The van der Waals surface area contributed by atoms with Gasteiger partial charge in [-0.1, -0.05) is 6.92 Å². The van der Waals surface area contributed by atoms with E-state index in [1.165, 1.54) is 6.42 Å². The second-order valence-electron chi connectivity index (χ2n) is 4.62. The fourth-order valence-corrected chi connectivity index (χ4v) is 2.45. The molecule has 5 nitrogen and oxygen atoms in total. The molecule has 0 radical (unpaired) electrons. The van der Waals surface area contributed by atoms with Crippen LogP contribution < -0.4 is 5.73 Å². The number of likely N-dealkylation sites (tertiary alicyclic amines) is 1. The highest BCUT2D eigenvalue weighted by atomic mass is 16.2. The van der Waals surface area contributed by atoms with E-state index in [-0.39, 0.29) is 5.91 Å². The summed E-state index contributed by atoms with van der Waals surface area (Å²) in [6, 6.07) is 0.407. The van der Waals surface area contributed by atoms with E-state index in [2.05, 4.69) is 12.0 Å². The summed E-state index contributed by atoms with van der Waals surface area (Å²) >= 11 is 0. The predicted octanol–water partition coefficient (Wildman–Crippen LogP) is 1.26. The van der Waals surface area contributed by atoms with E-state index >= 15 is 0 Å². The first-order valence-electron chi connectivity index (χ1n) is 6.28. The quantitative estimate of drug-likeness (QED) is 0.859. The van der Waals surface area contributed by atoms with Crippen molar-refractivity contribution in [2.75, 3.05) is 12.3 Å². The summed E-state index contributed by atoms with van der Waals surface area (Å²) in [7, 11) is 0. The van der Waals surface area contributed by atoms with Crippen molar-refractivity contribution in [3.8, 4) is 0 Å². The largest absolute Gasteiger partial charge is 0.396 e. The fraction of sp³-hybridized carbons (Fsp3) is 0.667. The lowest BCUT2D eigenvalue weighted by atomic mass is 10.00. The summed E-state index contributed by atoms with van der Waals surface area (Å²) in [6.45, 7) is 3.32. The Morgan fingerprint density at radius 3 is 3.06 bits per heavy atom. The number of carbonyl (C=O) groups excluding carboxylic acids is 1. The number of hydrogen-bond acceptors (Lipinski definition) is 3. The summed E-state index contributed by atoms with van der Waals surface area (Å²) in [4.78, 5) is 14.2. The number of nitrogen functional groups attached to an aromatic ring is 1. The number of piperidine rings is 1. The van der Waals surface area contributed by atoms with Crippen LogP contribution in [0.1, 0.15) is 32.6 Å². The van der Waals surface area contributed by atoms with E-state index in [1.54, 1.807) is 17.1 Å². The molecule has 0 aromatic carbocycles. The predicted molar refractivity (Wildman–Crippen MR) is 66.3 cm³/mol. The monoisotopic (exact) mass is 236 g/mol. The molecule has 0 aliphatic carbocycles. The van der Waals surface area contributed by atoms with Crippen LogP contribution in [0.25, 0.3) is 0 Å². The average Bonchev–Trinajstić information content (AvgIpc) is 2.74. The highest BCUT2D eigenvalue weighted by Crippen LogP contribution is 2.19. The smallest absolute Gasteiger partial charge is 0.244 e. The molecule has 5 heteroatoms. The lowest BCUT2D eigenvalue weighted by Gasteiger charge is -2.35. The molecule has 2 heterocycles. The van der Waals surface area contributed by atoms with Crippen LogP contribution in [-0.4, -0.2) is 33.2 Å². The van der Waals surface area contributed by atoms with Gasteiger partial charge in [0.1, 0.15) is 6.54 Å². The third-order valence-corrected chi connectivity index (χ3v) is 3.37. The third kappa shape index (κ3) is 2.78. The number of hydrogen-bond donors (Lipinski definition) is 1. The van der Waals surface area contributed by atoms with Gasteiger partial charge >= 0.3 is 0 Å². The molecule has 1 aromatic rings. The molecule has 94 valence electrons. The maximum absolute atomic E-state index is 12.2. The summed E-state index contributed by atoms with van der Waals surface area (Å²) < 4.78 is 1.61. The maximum atomic E-state index is 12.2. The number of amides is 1. The molecule has 0 bridgehead atoms. The molecule has 1 amide bonds. The van der Waals surface area contributed by atoms with Crippen molar-refractivity contribution in [1.82, 2.24) is 14.7 Å². The van der Waals surface area contributed by atoms with E-state index in [1.807, 2.05) is 4.90 Å². The molecule has 0 spiro atoms. The van der Waals surface area contributed by atoms with Crippen molar-refractivity contribution < 1.29 is 4.79 Å². The minimum Gasteiger partial charge on any atom is -0.396 e. The van der Waals surface area contributed by atoms with Crippen molar-refractivity contribution in [3.05, 3.63) is 12.4 Å². The maximum Gasteiger partial charge on any atom is 0.244 e. The number of anilines is 1. The van der Waals surface area contributed by atoms with Crippen LogP contribution in [0, 0.1) is 0 Å². The second-order valence-corrected chi connectivity index (χ2v) is 4.62. The van der Waals surface area contributed by atoms with Crippen LogP contribution in [-0.2, 0) is 11.3 Å². The van der Waals surface area contributed by atoms with Crippen LogP contribution in [0.4, 0.5) is 5.69 Å². The Bertz CT molecular complexity index is 388. The van der Waals surface area contributed by atoms with Gasteiger partial charge in [-0.15, -0.1) is 0 Å². The van der Waals surface area contributed by atoms with E-state index < -0.39 is 0 Å². The number of nitrogens with zero attached hydrogens (tertiary/aromatic N) is 3. The van der Waals surface area contributed by atoms with Gasteiger partial charge in [0.25, 0.3) is 0 Å². The summed E-state index contributed by atoms with van der Waals surface area (Å²) in [5, 5.41) is 4.05. The first-order chi connectivity index (χ1) is 8.20. The Morgan fingerprint density at radius 2 is 2.41 bits per heavy atom.